The van der Waals surface area contributed by atoms with Gasteiger partial charge in [-0.2, -0.15) is 5.26 Å². The summed E-state index contributed by atoms with van der Waals surface area (Å²) in [5.74, 6) is -0.518. The number of aryl methyl sites for hydroxylation is 1. The fourth-order valence-electron chi connectivity index (χ4n) is 1.98. The summed E-state index contributed by atoms with van der Waals surface area (Å²) in [7, 11) is 0. The number of nitriles is 1. The van der Waals surface area contributed by atoms with Crippen LogP contribution in [0.5, 0.6) is 0 Å². The highest BCUT2D eigenvalue weighted by molar-refractivity contribution is 6.32. The van der Waals surface area contributed by atoms with Gasteiger partial charge in [0.15, 0.2) is 0 Å². The topological polar surface area (TPSA) is 64.9 Å². The van der Waals surface area contributed by atoms with Crippen molar-refractivity contribution >= 4 is 40.5 Å². The van der Waals surface area contributed by atoms with Gasteiger partial charge >= 0.3 is 0 Å². The normalized spacial score (nSPS) is 10.9. The first-order valence-corrected chi connectivity index (χ1v) is 7.87. The van der Waals surface area contributed by atoms with Crippen molar-refractivity contribution in [2.24, 2.45) is 0 Å². The van der Waals surface area contributed by atoms with E-state index in [1.807, 2.05) is 19.1 Å². The van der Waals surface area contributed by atoms with Crippen LogP contribution in [-0.4, -0.2) is 5.91 Å². The molecule has 2 aromatic carbocycles. The summed E-state index contributed by atoms with van der Waals surface area (Å²) in [6, 6.07) is 12.4. The Balaban J connectivity index is 2.18. The zero-order valence-corrected chi connectivity index (χ0v) is 14.7. The molecule has 0 fully saturated rings. The van der Waals surface area contributed by atoms with Gasteiger partial charge in [0.1, 0.15) is 11.6 Å². The molecule has 2 rings (SSSR count). The second-order valence-electron chi connectivity index (χ2n) is 5.14. The molecule has 2 aromatic rings. The Labute approximate surface area is 150 Å². The number of amides is 1. The van der Waals surface area contributed by atoms with Crippen LogP contribution in [-0.2, 0) is 4.79 Å². The van der Waals surface area contributed by atoms with Crippen molar-refractivity contribution in [1.29, 1.82) is 5.26 Å². The highest BCUT2D eigenvalue weighted by Crippen LogP contribution is 2.24. The van der Waals surface area contributed by atoms with E-state index in [0.29, 0.717) is 15.7 Å². The third kappa shape index (κ3) is 4.29. The van der Waals surface area contributed by atoms with Gasteiger partial charge in [-0.15, -0.1) is 0 Å². The molecular formula is C18H15Cl2N3O. The minimum Gasteiger partial charge on any atom is -0.360 e. The van der Waals surface area contributed by atoms with Gasteiger partial charge in [0, 0.05) is 27.6 Å². The van der Waals surface area contributed by atoms with Crippen molar-refractivity contribution in [3.63, 3.8) is 0 Å². The molecule has 1 amide bonds. The molecule has 0 saturated carbocycles. The minimum atomic E-state index is -0.518. The Hall–Kier alpha value is -2.48. The molecule has 4 nitrogen and oxygen atoms in total. The van der Waals surface area contributed by atoms with Crippen LogP contribution in [0.4, 0.5) is 11.4 Å². The fourth-order valence-corrected chi connectivity index (χ4v) is 2.33. The largest absolute Gasteiger partial charge is 0.360 e. The quantitative estimate of drug-likeness (QED) is 0.591. The molecule has 122 valence electrons. The van der Waals surface area contributed by atoms with Crippen LogP contribution >= 0.6 is 23.2 Å². The molecule has 0 atom stereocenters. The maximum absolute atomic E-state index is 12.3. The lowest BCUT2D eigenvalue weighted by Gasteiger charge is -2.10. The summed E-state index contributed by atoms with van der Waals surface area (Å²) in [5, 5.41) is 16.0. The molecular weight excluding hydrogens is 345 g/mol. The van der Waals surface area contributed by atoms with E-state index >= 15 is 0 Å². The Bertz CT molecular complexity index is 854. The van der Waals surface area contributed by atoms with Crippen molar-refractivity contribution < 1.29 is 4.79 Å². The first kappa shape index (κ1) is 17.9. The van der Waals surface area contributed by atoms with Crippen LogP contribution in [0.15, 0.2) is 48.2 Å². The molecule has 0 aliphatic heterocycles. The Kier molecular flexibility index (Phi) is 5.86. The zero-order valence-electron chi connectivity index (χ0n) is 13.2. The van der Waals surface area contributed by atoms with Crippen molar-refractivity contribution in [2.45, 2.75) is 13.8 Å². The van der Waals surface area contributed by atoms with Crippen LogP contribution in [0, 0.1) is 25.2 Å². The van der Waals surface area contributed by atoms with Gasteiger partial charge in [0.05, 0.1) is 0 Å². The number of nitrogens with zero attached hydrogens (tertiary/aromatic N) is 1. The second kappa shape index (κ2) is 7.87. The monoisotopic (exact) mass is 359 g/mol. The predicted octanol–water partition coefficient (Wildman–Crippen LogP) is 5.07. The van der Waals surface area contributed by atoms with E-state index in [-0.39, 0.29) is 5.57 Å². The van der Waals surface area contributed by atoms with Crippen molar-refractivity contribution in [1.82, 2.24) is 0 Å². The highest BCUT2D eigenvalue weighted by atomic mass is 35.5. The third-order valence-corrected chi connectivity index (χ3v) is 4.10. The van der Waals surface area contributed by atoms with E-state index in [9.17, 15) is 10.1 Å². The van der Waals surface area contributed by atoms with Gasteiger partial charge < -0.3 is 10.6 Å². The van der Waals surface area contributed by atoms with E-state index in [1.165, 1.54) is 6.20 Å². The molecule has 6 heteroatoms. The van der Waals surface area contributed by atoms with Crippen LogP contribution in [0.1, 0.15) is 11.1 Å². The number of carbonyl (C=O) groups is 1. The SMILES string of the molecule is Cc1ccc(Cl)cc1N/C=C(/C#N)C(=O)Nc1cccc(Cl)c1C. The Morgan fingerprint density at radius 1 is 1.17 bits per heavy atom. The van der Waals surface area contributed by atoms with Crippen LogP contribution in [0.25, 0.3) is 0 Å². The summed E-state index contributed by atoms with van der Waals surface area (Å²) < 4.78 is 0. The van der Waals surface area contributed by atoms with Crippen molar-refractivity contribution in [3.05, 3.63) is 69.3 Å². The molecule has 0 aromatic heterocycles. The maximum Gasteiger partial charge on any atom is 0.267 e. The van der Waals surface area contributed by atoms with E-state index in [2.05, 4.69) is 10.6 Å². The average molecular weight is 360 g/mol. The molecule has 0 radical (unpaired) electrons. The second-order valence-corrected chi connectivity index (χ2v) is 5.98. The lowest BCUT2D eigenvalue weighted by atomic mass is 10.2. The van der Waals surface area contributed by atoms with Gasteiger partial charge in [-0.05, 0) is 49.2 Å². The molecule has 0 heterocycles. The molecule has 2 N–H and O–H groups in total. The van der Waals surface area contributed by atoms with Gasteiger partial charge in [-0.1, -0.05) is 35.3 Å². The standard InChI is InChI=1S/C18H15Cl2N3O/c1-11-6-7-14(19)8-17(11)22-10-13(9-21)18(24)23-16-5-3-4-15(20)12(16)2/h3-8,10,22H,1-2H3,(H,23,24)/b13-10-. The van der Waals surface area contributed by atoms with Gasteiger partial charge in [-0.25, -0.2) is 0 Å². The number of anilines is 2. The molecule has 0 saturated heterocycles. The number of nitrogens with one attached hydrogen (secondary N) is 2. The minimum absolute atomic E-state index is 0.0613. The zero-order chi connectivity index (χ0) is 17.7. The highest BCUT2D eigenvalue weighted by Gasteiger charge is 2.12. The summed E-state index contributed by atoms with van der Waals surface area (Å²) in [6.45, 7) is 3.69. The number of hydrogen-bond donors (Lipinski definition) is 2. The summed E-state index contributed by atoms with van der Waals surface area (Å²) in [6.07, 6.45) is 1.36. The number of rotatable bonds is 4. The molecule has 0 bridgehead atoms. The Morgan fingerprint density at radius 3 is 2.62 bits per heavy atom. The number of halogens is 2. The number of carbonyl (C=O) groups excluding carboxylic acids is 1. The molecule has 0 aliphatic carbocycles. The first-order valence-electron chi connectivity index (χ1n) is 7.12. The van der Waals surface area contributed by atoms with Crippen molar-refractivity contribution in [3.8, 4) is 6.07 Å². The number of benzene rings is 2. The third-order valence-electron chi connectivity index (χ3n) is 3.45. The Morgan fingerprint density at radius 2 is 1.92 bits per heavy atom. The molecule has 24 heavy (non-hydrogen) atoms. The van der Waals surface area contributed by atoms with E-state index in [4.69, 9.17) is 23.2 Å². The smallest absolute Gasteiger partial charge is 0.267 e. The van der Waals surface area contributed by atoms with Gasteiger partial charge in [0.25, 0.3) is 5.91 Å². The average Bonchev–Trinajstić information content (AvgIpc) is 2.55. The molecule has 0 aliphatic rings. The molecule has 0 unspecified atom stereocenters. The molecule has 0 spiro atoms. The van der Waals surface area contributed by atoms with Gasteiger partial charge in [-0.3, -0.25) is 4.79 Å². The maximum atomic E-state index is 12.3. The van der Waals surface area contributed by atoms with E-state index in [0.717, 1.165) is 16.8 Å². The fraction of sp³-hybridized carbons (Fsp3) is 0.111. The number of hydrogen-bond acceptors (Lipinski definition) is 3. The lowest BCUT2D eigenvalue weighted by molar-refractivity contribution is -0.112. The lowest BCUT2D eigenvalue weighted by Crippen LogP contribution is -2.15. The first-order chi connectivity index (χ1) is 11.4. The van der Waals surface area contributed by atoms with Crippen LogP contribution in [0.3, 0.4) is 0 Å². The predicted molar refractivity (Wildman–Crippen MR) is 98.3 cm³/mol. The summed E-state index contributed by atoms with van der Waals surface area (Å²) >= 11 is 12.0. The van der Waals surface area contributed by atoms with Crippen LogP contribution in [0.2, 0.25) is 10.0 Å². The van der Waals surface area contributed by atoms with E-state index < -0.39 is 5.91 Å². The van der Waals surface area contributed by atoms with Gasteiger partial charge in [0.2, 0.25) is 0 Å². The van der Waals surface area contributed by atoms with Crippen LogP contribution < -0.4 is 10.6 Å². The van der Waals surface area contributed by atoms with Crippen molar-refractivity contribution in [2.75, 3.05) is 10.6 Å². The van der Waals surface area contributed by atoms with E-state index in [1.54, 1.807) is 37.3 Å². The summed E-state index contributed by atoms with van der Waals surface area (Å²) in [5.41, 5.74) is 2.91. The summed E-state index contributed by atoms with van der Waals surface area (Å²) in [4.78, 5) is 12.3.